The molecule has 0 atom stereocenters. The van der Waals surface area contributed by atoms with E-state index in [1.54, 1.807) is 18.6 Å². The number of likely N-dealkylation sites (tertiary alicyclic amines) is 1. The second-order valence-corrected chi connectivity index (χ2v) is 5.30. The predicted octanol–water partition coefficient (Wildman–Crippen LogP) is 1.40. The molecule has 5 heteroatoms. The van der Waals surface area contributed by atoms with Crippen molar-refractivity contribution in [1.82, 2.24) is 20.2 Å². The fraction of sp³-hybridized carbons (Fsp3) is 0.667. The average Bonchev–Trinajstić information content (AvgIpc) is 2.49. The van der Waals surface area contributed by atoms with Crippen LogP contribution in [-0.4, -0.2) is 47.0 Å². The van der Waals surface area contributed by atoms with Crippen LogP contribution in [0.1, 0.15) is 37.8 Å². The molecule has 1 aliphatic rings. The Labute approximate surface area is 120 Å². The van der Waals surface area contributed by atoms with E-state index in [4.69, 9.17) is 0 Å². The SMILES string of the molecule is O=C(CCCN1CCCCC1)NCCc1cnccn1. The third kappa shape index (κ3) is 5.65. The molecule has 0 radical (unpaired) electrons. The second kappa shape index (κ2) is 8.64. The van der Waals surface area contributed by atoms with Crippen molar-refractivity contribution in [3.8, 4) is 0 Å². The molecule has 1 amide bonds. The summed E-state index contributed by atoms with van der Waals surface area (Å²) >= 11 is 0. The Morgan fingerprint density at radius 2 is 2.10 bits per heavy atom. The Bertz CT molecular complexity index is 390. The second-order valence-electron chi connectivity index (χ2n) is 5.30. The molecule has 0 aromatic carbocycles. The molecule has 1 aromatic rings. The molecule has 0 spiro atoms. The van der Waals surface area contributed by atoms with E-state index in [0.29, 0.717) is 13.0 Å². The van der Waals surface area contributed by atoms with Gasteiger partial charge < -0.3 is 10.2 Å². The summed E-state index contributed by atoms with van der Waals surface area (Å²) in [6.07, 6.45) is 11.4. The third-order valence-corrected chi connectivity index (χ3v) is 3.65. The van der Waals surface area contributed by atoms with Gasteiger partial charge in [0.25, 0.3) is 0 Å². The van der Waals surface area contributed by atoms with Crippen molar-refractivity contribution in [2.75, 3.05) is 26.2 Å². The van der Waals surface area contributed by atoms with Gasteiger partial charge in [0.05, 0.1) is 5.69 Å². The first-order chi connectivity index (χ1) is 9.84. The molecule has 0 bridgehead atoms. The van der Waals surface area contributed by atoms with Crippen LogP contribution in [-0.2, 0) is 11.2 Å². The van der Waals surface area contributed by atoms with E-state index < -0.39 is 0 Å². The molecule has 1 aliphatic heterocycles. The molecule has 0 aliphatic carbocycles. The van der Waals surface area contributed by atoms with Crippen molar-refractivity contribution in [3.05, 3.63) is 24.3 Å². The van der Waals surface area contributed by atoms with Gasteiger partial charge in [-0.1, -0.05) is 6.42 Å². The molecule has 1 fully saturated rings. The maximum Gasteiger partial charge on any atom is 0.220 e. The zero-order valence-electron chi connectivity index (χ0n) is 12.1. The van der Waals surface area contributed by atoms with Crippen molar-refractivity contribution >= 4 is 5.91 Å². The third-order valence-electron chi connectivity index (χ3n) is 3.65. The molecule has 2 rings (SSSR count). The molecule has 0 unspecified atom stereocenters. The number of nitrogens with one attached hydrogen (secondary N) is 1. The molecular weight excluding hydrogens is 252 g/mol. The number of nitrogens with zero attached hydrogens (tertiary/aromatic N) is 3. The summed E-state index contributed by atoms with van der Waals surface area (Å²) in [6, 6.07) is 0. The molecule has 0 saturated carbocycles. The number of amides is 1. The Morgan fingerprint density at radius 1 is 1.25 bits per heavy atom. The number of carbonyl (C=O) groups excluding carboxylic acids is 1. The summed E-state index contributed by atoms with van der Waals surface area (Å²) in [5.74, 6) is 0.144. The Balaban J connectivity index is 1.52. The predicted molar refractivity (Wildman–Crippen MR) is 78.3 cm³/mol. The van der Waals surface area contributed by atoms with Crippen LogP contribution in [0.4, 0.5) is 0 Å². The van der Waals surface area contributed by atoms with Gasteiger partial charge in [0.2, 0.25) is 5.91 Å². The lowest BCUT2D eigenvalue weighted by molar-refractivity contribution is -0.121. The molecule has 2 heterocycles. The summed E-state index contributed by atoms with van der Waals surface area (Å²) < 4.78 is 0. The van der Waals surface area contributed by atoms with Crippen LogP contribution in [0.5, 0.6) is 0 Å². The van der Waals surface area contributed by atoms with E-state index in [9.17, 15) is 4.79 Å². The fourth-order valence-corrected chi connectivity index (χ4v) is 2.52. The van der Waals surface area contributed by atoms with Crippen LogP contribution >= 0.6 is 0 Å². The molecule has 20 heavy (non-hydrogen) atoms. The Hall–Kier alpha value is -1.49. The molecule has 110 valence electrons. The number of piperidine rings is 1. The first-order valence-corrected chi connectivity index (χ1v) is 7.58. The van der Waals surface area contributed by atoms with E-state index in [1.807, 2.05) is 0 Å². The summed E-state index contributed by atoms with van der Waals surface area (Å²) in [6.45, 7) is 4.10. The van der Waals surface area contributed by atoms with Crippen LogP contribution in [0.25, 0.3) is 0 Å². The quantitative estimate of drug-likeness (QED) is 0.818. The first-order valence-electron chi connectivity index (χ1n) is 7.58. The zero-order chi connectivity index (χ0) is 14.0. The topological polar surface area (TPSA) is 58.1 Å². The van der Waals surface area contributed by atoms with Gasteiger partial charge in [0.15, 0.2) is 0 Å². The smallest absolute Gasteiger partial charge is 0.220 e. The summed E-state index contributed by atoms with van der Waals surface area (Å²) in [5, 5.41) is 2.94. The highest BCUT2D eigenvalue weighted by molar-refractivity contribution is 5.75. The number of rotatable bonds is 7. The van der Waals surface area contributed by atoms with Crippen LogP contribution in [0.15, 0.2) is 18.6 Å². The van der Waals surface area contributed by atoms with Crippen molar-refractivity contribution in [2.45, 2.75) is 38.5 Å². The highest BCUT2D eigenvalue weighted by Gasteiger charge is 2.10. The maximum absolute atomic E-state index is 11.7. The summed E-state index contributed by atoms with van der Waals surface area (Å²) in [7, 11) is 0. The largest absolute Gasteiger partial charge is 0.356 e. The van der Waals surface area contributed by atoms with E-state index in [1.165, 1.54) is 32.4 Å². The van der Waals surface area contributed by atoms with Crippen molar-refractivity contribution in [2.24, 2.45) is 0 Å². The van der Waals surface area contributed by atoms with Gasteiger partial charge in [0.1, 0.15) is 0 Å². The molecule has 1 N–H and O–H groups in total. The lowest BCUT2D eigenvalue weighted by atomic mass is 10.1. The van der Waals surface area contributed by atoms with Gasteiger partial charge in [0, 0.05) is 38.0 Å². The lowest BCUT2D eigenvalue weighted by Gasteiger charge is -2.26. The van der Waals surface area contributed by atoms with E-state index >= 15 is 0 Å². The normalized spacial score (nSPS) is 16.0. The summed E-state index contributed by atoms with van der Waals surface area (Å²) in [5.41, 5.74) is 0.918. The fourth-order valence-electron chi connectivity index (χ4n) is 2.52. The van der Waals surface area contributed by atoms with Gasteiger partial charge >= 0.3 is 0 Å². The van der Waals surface area contributed by atoms with Gasteiger partial charge in [-0.05, 0) is 38.9 Å². The lowest BCUT2D eigenvalue weighted by Crippen LogP contribution is -2.32. The number of hydrogen-bond donors (Lipinski definition) is 1. The van der Waals surface area contributed by atoms with Crippen molar-refractivity contribution in [1.29, 1.82) is 0 Å². The number of aromatic nitrogens is 2. The number of hydrogen-bond acceptors (Lipinski definition) is 4. The van der Waals surface area contributed by atoms with E-state index in [2.05, 4.69) is 20.2 Å². The van der Waals surface area contributed by atoms with Crippen molar-refractivity contribution in [3.63, 3.8) is 0 Å². The average molecular weight is 276 g/mol. The van der Waals surface area contributed by atoms with Crippen LogP contribution < -0.4 is 5.32 Å². The van der Waals surface area contributed by atoms with Gasteiger partial charge in [-0.15, -0.1) is 0 Å². The summed E-state index contributed by atoms with van der Waals surface area (Å²) in [4.78, 5) is 22.4. The Kier molecular flexibility index (Phi) is 6.44. The highest BCUT2D eigenvalue weighted by atomic mass is 16.1. The highest BCUT2D eigenvalue weighted by Crippen LogP contribution is 2.09. The molecule has 5 nitrogen and oxygen atoms in total. The first kappa shape index (κ1) is 14.9. The van der Waals surface area contributed by atoms with E-state index in [0.717, 1.165) is 25.1 Å². The minimum Gasteiger partial charge on any atom is -0.356 e. The van der Waals surface area contributed by atoms with Crippen molar-refractivity contribution < 1.29 is 4.79 Å². The van der Waals surface area contributed by atoms with Gasteiger partial charge in [-0.2, -0.15) is 0 Å². The monoisotopic (exact) mass is 276 g/mol. The molecule has 1 aromatic heterocycles. The van der Waals surface area contributed by atoms with Crippen LogP contribution in [0.3, 0.4) is 0 Å². The standard InChI is InChI=1S/C15H24N4O/c20-15(5-4-12-19-10-2-1-3-11-19)18-7-6-14-13-16-8-9-17-14/h8-9,13H,1-7,10-12H2,(H,18,20). The van der Waals surface area contributed by atoms with E-state index in [-0.39, 0.29) is 5.91 Å². The minimum atomic E-state index is 0.144. The number of carbonyl (C=O) groups is 1. The van der Waals surface area contributed by atoms with Crippen LogP contribution in [0, 0.1) is 0 Å². The maximum atomic E-state index is 11.7. The van der Waals surface area contributed by atoms with Gasteiger partial charge in [-0.3, -0.25) is 14.8 Å². The van der Waals surface area contributed by atoms with Gasteiger partial charge in [-0.25, -0.2) is 0 Å². The minimum absolute atomic E-state index is 0.144. The Morgan fingerprint density at radius 3 is 2.85 bits per heavy atom. The van der Waals surface area contributed by atoms with Crippen LogP contribution in [0.2, 0.25) is 0 Å². The molecule has 1 saturated heterocycles. The zero-order valence-corrected chi connectivity index (χ0v) is 12.1. The molecular formula is C15H24N4O.